The van der Waals surface area contributed by atoms with Crippen molar-refractivity contribution in [3.8, 4) is 5.69 Å². The SMILES string of the molecule is Cc1ccc(S(=O)(=O)NC(=O)c2c(C)nn(-c3ccc(Br)cc3)c2C)cc1C. The minimum Gasteiger partial charge on any atom is -0.268 e. The van der Waals surface area contributed by atoms with Gasteiger partial charge in [-0.15, -0.1) is 0 Å². The molecule has 0 bridgehead atoms. The predicted octanol–water partition coefficient (Wildman–Crippen LogP) is 3.99. The van der Waals surface area contributed by atoms with Crippen molar-refractivity contribution in [3.05, 3.63) is 75.0 Å². The van der Waals surface area contributed by atoms with E-state index in [2.05, 4.69) is 25.8 Å². The molecule has 1 amide bonds. The van der Waals surface area contributed by atoms with E-state index in [1.54, 1.807) is 30.7 Å². The Bertz CT molecular complexity index is 1170. The third-order valence-corrected chi connectivity index (χ3v) is 6.46. The molecule has 2 aromatic carbocycles. The topological polar surface area (TPSA) is 81.1 Å². The molecular weight excluding hydrogens is 442 g/mol. The van der Waals surface area contributed by atoms with Crippen LogP contribution >= 0.6 is 15.9 Å². The first-order valence-corrected chi connectivity index (χ1v) is 10.8. The van der Waals surface area contributed by atoms with E-state index in [4.69, 9.17) is 0 Å². The van der Waals surface area contributed by atoms with Gasteiger partial charge < -0.3 is 0 Å². The summed E-state index contributed by atoms with van der Waals surface area (Å²) in [7, 11) is -3.98. The van der Waals surface area contributed by atoms with Crippen LogP contribution in [0.15, 0.2) is 51.8 Å². The fraction of sp³-hybridized carbons (Fsp3) is 0.200. The van der Waals surface area contributed by atoms with Gasteiger partial charge in [-0.2, -0.15) is 5.10 Å². The van der Waals surface area contributed by atoms with E-state index in [0.29, 0.717) is 11.4 Å². The van der Waals surface area contributed by atoms with Gasteiger partial charge in [0, 0.05) is 4.47 Å². The Hall–Kier alpha value is -2.45. The molecule has 8 heteroatoms. The summed E-state index contributed by atoms with van der Waals surface area (Å²) in [4.78, 5) is 12.8. The molecule has 1 N–H and O–H groups in total. The van der Waals surface area contributed by atoms with Gasteiger partial charge in [-0.05, 0) is 75.2 Å². The summed E-state index contributed by atoms with van der Waals surface area (Å²) < 4.78 is 30.0. The molecule has 0 aliphatic heterocycles. The van der Waals surface area contributed by atoms with Crippen LogP contribution in [0.25, 0.3) is 5.69 Å². The van der Waals surface area contributed by atoms with Gasteiger partial charge in [-0.25, -0.2) is 17.8 Å². The van der Waals surface area contributed by atoms with Crippen LogP contribution in [0.3, 0.4) is 0 Å². The fourth-order valence-corrected chi connectivity index (χ4v) is 4.23. The van der Waals surface area contributed by atoms with Gasteiger partial charge in [-0.3, -0.25) is 4.79 Å². The molecule has 0 saturated heterocycles. The molecule has 146 valence electrons. The van der Waals surface area contributed by atoms with Crippen LogP contribution in [0.4, 0.5) is 0 Å². The van der Waals surface area contributed by atoms with E-state index in [-0.39, 0.29) is 10.5 Å². The zero-order chi connectivity index (χ0) is 20.6. The quantitative estimate of drug-likeness (QED) is 0.636. The number of nitrogens with one attached hydrogen (secondary N) is 1. The maximum absolute atomic E-state index is 12.8. The summed E-state index contributed by atoms with van der Waals surface area (Å²) in [5.41, 5.74) is 3.86. The minimum absolute atomic E-state index is 0.0551. The summed E-state index contributed by atoms with van der Waals surface area (Å²) in [5.74, 6) is -0.698. The molecule has 1 aromatic heterocycles. The lowest BCUT2D eigenvalue weighted by Gasteiger charge is -2.09. The molecule has 0 fully saturated rings. The zero-order valence-electron chi connectivity index (χ0n) is 15.9. The van der Waals surface area contributed by atoms with Crippen molar-refractivity contribution in [2.45, 2.75) is 32.6 Å². The number of amides is 1. The zero-order valence-corrected chi connectivity index (χ0v) is 18.3. The highest BCUT2D eigenvalue weighted by molar-refractivity contribution is 9.10. The van der Waals surface area contributed by atoms with Crippen molar-refractivity contribution in [2.24, 2.45) is 0 Å². The largest absolute Gasteiger partial charge is 0.268 e. The van der Waals surface area contributed by atoms with Crippen LogP contribution in [-0.4, -0.2) is 24.1 Å². The van der Waals surface area contributed by atoms with E-state index in [1.165, 1.54) is 6.07 Å². The van der Waals surface area contributed by atoms with Crippen LogP contribution in [0, 0.1) is 27.7 Å². The van der Waals surface area contributed by atoms with Gasteiger partial charge in [0.25, 0.3) is 15.9 Å². The third kappa shape index (κ3) is 3.88. The van der Waals surface area contributed by atoms with Crippen LogP contribution < -0.4 is 4.72 Å². The van der Waals surface area contributed by atoms with Crippen molar-refractivity contribution in [3.63, 3.8) is 0 Å². The Balaban J connectivity index is 1.94. The first kappa shape index (κ1) is 20.3. The highest BCUT2D eigenvalue weighted by atomic mass is 79.9. The molecule has 0 aliphatic carbocycles. The molecule has 3 aromatic rings. The van der Waals surface area contributed by atoms with Gasteiger partial charge in [0.2, 0.25) is 0 Å². The summed E-state index contributed by atoms with van der Waals surface area (Å²) >= 11 is 3.38. The second kappa shape index (κ2) is 7.52. The number of carbonyl (C=O) groups is 1. The highest BCUT2D eigenvalue weighted by Gasteiger charge is 2.25. The maximum atomic E-state index is 12.8. The molecule has 0 spiro atoms. The number of benzene rings is 2. The lowest BCUT2D eigenvalue weighted by atomic mass is 10.1. The summed E-state index contributed by atoms with van der Waals surface area (Å²) in [6, 6.07) is 12.2. The van der Waals surface area contributed by atoms with E-state index >= 15 is 0 Å². The number of hydrogen-bond donors (Lipinski definition) is 1. The normalized spacial score (nSPS) is 11.5. The third-order valence-electron chi connectivity index (χ3n) is 4.61. The van der Waals surface area contributed by atoms with E-state index in [1.807, 2.05) is 38.1 Å². The monoisotopic (exact) mass is 461 g/mol. The van der Waals surface area contributed by atoms with Gasteiger partial charge in [0.05, 0.1) is 27.5 Å². The molecule has 1 heterocycles. The summed E-state index contributed by atoms with van der Waals surface area (Å²) in [5, 5.41) is 4.41. The lowest BCUT2D eigenvalue weighted by Crippen LogP contribution is -2.31. The molecule has 0 aliphatic rings. The molecular formula is C20H20BrN3O3S. The molecule has 0 radical (unpaired) electrons. The minimum atomic E-state index is -3.98. The molecule has 0 unspecified atom stereocenters. The number of sulfonamides is 1. The first-order valence-electron chi connectivity index (χ1n) is 8.56. The smallest absolute Gasteiger partial charge is 0.268 e. The Morgan fingerprint density at radius 1 is 1.00 bits per heavy atom. The van der Waals surface area contributed by atoms with E-state index in [0.717, 1.165) is 21.3 Å². The molecule has 0 atom stereocenters. The second-order valence-corrected chi connectivity index (χ2v) is 9.21. The Morgan fingerprint density at radius 3 is 2.25 bits per heavy atom. The number of hydrogen-bond acceptors (Lipinski definition) is 4. The molecule has 0 saturated carbocycles. The highest BCUT2D eigenvalue weighted by Crippen LogP contribution is 2.21. The van der Waals surface area contributed by atoms with E-state index in [9.17, 15) is 13.2 Å². The van der Waals surface area contributed by atoms with Crippen molar-refractivity contribution in [1.29, 1.82) is 0 Å². The Morgan fingerprint density at radius 2 is 1.64 bits per heavy atom. The van der Waals surface area contributed by atoms with Gasteiger partial charge in [0.15, 0.2) is 0 Å². The summed E-state index contributed by atoms with van der Waals surface area (Å²) in [6.45, 7) is 7.14. The number of rotatable bonds is 4. The molecule has 6 nitrogen and oxygen atoms in total. The first-order chi connectivity index (χ1) is 13.1. The number of aryl methyl sites for hydroxylation is 3. The summed E-state index contributed by atoms with van der Waals surface area (Å²) in [6.07, 6.45) is 0. The molecule has 3 rings (SSSR count). The van der Waals surface area contributed by atoms with E-state index < -0.39 is 15.9 Å². The number of nitrogens with zero attached hydrogens (tertiary/aromatic N) is 2. The fourth-order valence-electron chi connectivity index (χ4n) is 2.92. The Kier molecular flexibility index (Phi) is 5.45. The number of aromatic nitrogens is 2. The second-order valence-electron chi connectivity index (χ2n) is 6.61. The van der Waals surface area contributed by atoms with Gasteiger partial charge in [-0.1, -0.05) is 22.0 Å². The Labute approximate surface area is 172 Å². The average Bonchev–Trinajstić information content (AvgIpc) is 2.92. The van der Waals surface area contributed by atoms with Crippen LogP contribution in [0.2, 0.25) is 0 Å². The number of halogens is 1. The maximum Gasteiger partial charge on any atom is 0.268 e. The van der Waals surface area contributed by atoms with Crippen LogP contribution in [0.1, 0.15) is 32.9 Å². The van der Waals surface area contributed by atoms with Gasteiger partial charge >= 0.3 is 0 Å². The van der Waals surface area contributed by atoms with Crippen LogP contribution in [-0.2, 0) is 10.0 Å². The van der Waals surface area contributed by atoms with Gasteiger partial charge in [0.1, 0.15) is 0 Å². The molecule has 28 heavy (non-hydrogen) atoms. The van der Waals surface area contributed by atoms with Crippen LogP contribution in [0.5, 0.6) is 0 Å². The van der Waals surface area contributed by atoms with Crippen molar-refractivity contribution in [2.75, 3.05) is 0 Å². The van der Waals surface area contributed by atoms with Crippen molar-refractivity contribution >= 4 is 31.9 Å². The lowest BCUT2D eigenvalue weighted by molar-refractivity contribution is 0.0980. The van der Waals surface area contributed by atoms with Crippen molar-refractivity contribution in [1.82, 2.24) is 14.5 Å². The predicted molar refractivity (Wildman–Crippen MR) is 111 cm³/mol. The van der Waals surface area contributed by atoms with Crippen molar-refractivity contribution < 1.29 is 13.2 Å². The standard InChI is InChI=1S/C20H20BrN3O3S/c1-12-5-10-18(11-13(12)2)28(26,27)23-20(25)19-14(3)22-24(15(19)4)17-8-6-16(21)7-9-17/h5-11H,1-4H3,(H,23,25). The average molecular weight is 462 g/mol. The number of carbonyl (C=O) groups excluding carboxylic acids is 1.